The van der Waals surface area contributed by atoms with Gasteiger partial charge in [0.2, 0.25) is 0 Å². The van der Waals surface area contributed by atoms with Gasteiger partial charge >= 0.3 is 64.0 Å². The number of rotatable bonds is 0. The molecule has 2 rings (SSSR count). The minimum absolute atomic E-state index is 0. The van der Waals surface area contributed by atoms with Crippen molar-refractivity contribution in [1.82, 2.24) is 0 Å². The maximum Gasteiger partial charge on any atom is -2.00 e. The van der Waals surface area contributed by atoms with E-state index in [1.165, 1.54) is 40.6 Å². The first kappa shape index (κ1) is 10.00. The first-order valence-corrected chi connectivity index (χ1v) is 5.72. The molecule has 2 unspecified atom stereocenters. The summed E-state index contributed by atoms with van der Waals surface area (Å²) < 4.78 is 0. The van der Waals surface area contributed by atoms with Gasteiger partial charge in [-0.05, 0) is 0 Å². The summed E-state index contributed by atoms with van der Waals surface area (Å²) in [5.41, 5.74) is 0. The van der Waals surface area contributed by atoms with Gasteiger partial charge in [-0.3, -0.25) is 0 Å². The van der Waals surface area contributed by atoms with Crippen LogP contribution >= 0.6 is 0 Å². The molecule has 2 saturated heterocycles. The summed E-state index contributed by atoms with van der Waals surface area (Å²) in [4.78, 5) is 2.17. The smallest absolute Gasteiger partial charge is 2.00 e. The third-order valence-corrected chi connectivity index (χ3v) is 3.57. The molecule has 2 fully saturated rings. The quantitative estimate of drug-likeness (QED) is 0.551. The molecule has 0 aromatic carbocycles. The summed E-state index contributed by atoms with van der Waals surface area (Å²) in [5.74, 6) is 0. The van der Waals surface area contributed by atoms with E-state index in [4.69, 9.17) is 0 Å². The largest absolute Gasteiger partial charge is 2.00 e. The van der Waals surface area contributed by atoms with E-state index in [0.717, 1.165) is 9.63 Å². The molecule has 0 radical (unpaired) electrons. The second-order valence-corrected chi connectivity index (χ2v) is 6.07. The molecule has 0 amide bonds. The molecule has 9 heavy (non-hydrogen) atoms. The molecule has 0 aromatic rings. The van der Waals surface area contributed by atoms with E-state index < -0.39 is 0 Å². The first-order valence-electron chi connectivity index (χ1n) is 2.88. The first-order chi connectivity index (χ1) is 3.79. The van der Waals surface area contributed by atoms with Crippen molar-refractivity contribution in [2.45, 2.75) is 34.1 Å². The van der Waals surface area contributed by atoms with Crippen molar-refractivity contribution in [3.63, 3.8) is 0 Å². The maximum absolute atomic E-state index is 2.28. The van der Waals surface area contributed by atoms with Crippen molar-refractivity contribution in [1.29, 1.82) is 0 Å². The second-order valence-electron chi connectivity index (χ2n) is 2.09. The summed E-state index contributed by atoms with van der Waals surface area (Å²) in [6.45, 7) is 4.56. The molecule has 0 N–H and O–H groups in total. The van der Waals surface area contributed by atoms with Crippen LogP contribution in [-0.4, -0.2) is 0 Å². The predicted octanol–water partition coefficient (Wildman–Crippen LogP) is 2.50. The summed E-state index contributed by atoms with van der Waals surface area (Å²) in [6, 6.07) is 0. The molecule has 2 aliphatic heterocycles. The van der Waals surface area contributed by atoms with Crippen LogP contribution in [0.3, 0.4) is 0 Å². The van der Waals surface area contributed by atoms with Crippen LogP contribution in [-0.2, 0) is 35.4 Å². The van der Waals surface area contributed by atoms with Gasteiger partial charge in [0.05, 0.1) is 0 Å². The Kier molecular flexibility index (Phi) is 5.29. The van der Waals surface area contributed by atoms with Gasteiger partial charge in [0.1, 0.15) is 0 Å². The van der Waals surface area contributed by atoms with E-state index in [2.05, 4.69) is 13.8 Å². The van der Waals surface area contributed by atoms with Gasteiger partial charge in [-0.2, -0.15) is 0 Å². The Labute approximate surface area is 69.6 Å². The Hall–Kier alpha value is 0.999. The van der Waals surface area contributed by atoms with Gasteiger partial charge < -0.3 is 5.48 Å². The third kappa shape index (κ3) is 9.00. The fraction of sp³-hybridized carbons (Fsp3) is 1.00. The van der Waals surface area contributed by atoms with Crippen LogP contribution in [0.4, 0.5) is 0 Å². The number of hydrogen-bond donors (Lipinski definition) is 0. The normalized spacial score (nSPS) is 35.3. The van der Waals surface area contributed by atoms with Crippen LogP contribution in [0.1, 0.15) is 13.8 Å². The Morgan fingerprint density at radius 2 is 1.11 bits per heavy atom. The SMILES string of the molecule is C[CH]1[CH2][Fe+]1.C[CH]1[CH2][Fe+]1.[O-2]. The third-order valence-electron chi connectivity index (χ3n) is 0.866. The molecule has 2 aliphatic rings. The zero-order valence-corrected chi connectivity index (χ0v) is 7.89. The zero-order valence-electron chi connectivity index (χ0n) is 5.68. The second kappa shape index (κ2) is 4.76. The fourth-order valence-electron chi connectivity index (χ4n) is 0.167. The van der Waals surface area contributed by atoms with E-state index in [0.29, 0.717) is 0 Å². The summed E-state index contributed by atoms with van der Waals surface area (Å²) in [6.07, 6.45) is 0. The molecular weight excluding hydrogens is 200 g/mol. The molecule has 2 heterocycles. The maximum atomic E-state index is 2.28. The molecule has 58 valence electrons. The van der Waals surface area contributed by atoms with Crippen LogP contribution in [0, 0.1) is 0 Å². The molecule has 0 aromatic heterocycles. The van der Waals surface area contributed by atoms with Crippen LogP contribution in [0.15, 0.2) is 0 Å². The molecule has 1 nitrogen and oxygen atoms in total. The van der Waals surface area contributed by atoms with Crippen LogP contribution in [0.5, 0.6) is 0 Å². The van der Waals surface area contributed by atoms with E-state index in [-0.39, 0.29) is 5.48 Å². The Morgan fingerprint density at radius 1 is 1.00 bits per heavy atom. The van der Waals surface area contributed by atoms with Crippen LogP contribution in [0.25, 0.3) is 0 Å². The molecular formula is C6H12Fe2O. The molecule has 0 bridgehead atoms. The zero-order chi connectivity index (χ0) is 5.98. The summed E-state index contributed by atoms with van der Waals surface area (Å²) in [5, 5.41) is 2.97. The van der Waals surface area contributed by atoms with Crippen LogP contribution in [0.2, 0.25) is 20.3 Å². The average molecular weight is 212 g/mol. The molecule has 0 saturated carbocycles. The number of hydrogen-bond acceptors (Lipinski definition) is 0. The van der Waals surface area contributed by atoms with Gasteiger partial charge in [-0.25, -0.2) is 0 Å². The predicted molar refractivity (Wildman–Crippen MR) is 29.1 cm³/mol. The van der Waals surface area contributed by atoms with E-state index in [1.54, 1.807) is 0 Å². The van der Waals surface area contributed by atoms with Crippen LogP contribution < -0.4 is 0 Å². The van der Waals surface area contributed by atoms with E-state index in [1.807, 2.05) is 0 Å². The Balaban J connectivity index is 0.000000128. The van der Waals surface area contributed by atoms with E-state index >= 15 is 0 Å². The standard InChI is InChI=1S/2C3H6.2Fe.O/c2*1-3-2;;;/h2*3H,1H2,2H3;;;/q;;2*+1;-2. The fourth-order valence-corrected chi connectivity index (χ4v) is 0.687. The van der Waals surface area contributed by atoms with Crippen molar-refractivity contribution < 1.29 is 35.4 Å². The van der Waals surface area contributed by atoms with Gasteiger partial charge in [0, 0.05) is 0 Å². The topological polar surface area (TPSA) is 28.5 Å². The molecule has 0 aliphatic carbocycles. The van der Waals surface area contributed by atoms with Crippen molar-refractivity contribution in [2.75, 3.05) is 0 Å². The average Bonchev–Trinajstić information content (AvgIpc) is 2.47. The minimum Gasteiger partial charge on any atom is -2.00 e. The van der Waals surface area contributed by atoms with Crippen molar-refractivity contribution in [3.8, 4) is 0 Å². The Morgan fingerprint density at radius 3 is 1.11 bits per heavy atom. The molecule has 3 heteroatoms. The Bertz CT molecular complexity index is 59.5. The van der Waals surface area contributed by atoms with Crippen molar-refractivity contribution in [3.05, 3.63) is 0 Å². The monoisotopic (exact) mass is 212 g/mol. The van der Waals surface area contributed by atoms with E-state index in [9.17, 15) is 0 Å². The minimum atomic E-state index is 0. The van der Waals surface area contributed by atoms with Crippen molar-refractivity contribution >= 4 is 0 Å². The summed E-state index contributed by atoms with van der Waals surface area (Å²) in [7, 11) is 0. The molecule has 2 atom stereocenters. The van der Waals surface area contributed by atoms with Gasteiger partial charge in [0.25, 0.3) is 0 Å². The summed E-state index contributed by atoms with van der Waals surface area (Å²) >= 11 is 2.97. The molecule has 0 spiro atoms. The van der Waals surface area contributed by atoms with Gasteiger partial charge in [-0.15, -0.1) is 0 Å². The van der Waals surface area contributed by atoms with Gasteiger partial charge in [0.15, 0.2) is 0 Å². The van der Waals surface area contributed by atoms with Gasteiger partial charge in [-0.1, -0.05) is 0 Å². The van der Waals surface area contributed by atoms with Crippen molar-refractivity contribution in [2.24, 2.45) is 0 Å².